The van der Waals surface area contributed by atoms with Gasteiger partial charge in [0.1, 0.15) is 5.82 Å². The van der Waals surface area contributed by atoms with Crippen molar-refractivity contribution in [1.82, 2.24) is 10.2 Å². The number of carbonyl (C=O) groups excluding carboxylic acids is 1. The number of carbonyl (C=O) groups is 1. The largest absolute Gasteiger partial charge is 0.366 e. The summed E-state index contributed by atoms with van der Waals surface area (Å²) >= 11 is 1.53. The molecule has 1 aliphatic heterocycles. The highest BCUT2D eigenvalue weighted by atomic mass is 32.1. The van der Waals surface area contributed by atoms with Gasteiger partial charge in [0.05, 0.1) is 5.56 Å². The van der Waals surface area contributed by atoms with Gasteiger partial charge in [-0.1, -0.05) is 12.1 Å². The Balaban J connectivity index is 1.78. The fourth-order valence-corrected chi connectivity index (χ4v) is 3.67. The summed E-state index contributed by atoms with van der Waals surface area (Å²) in [4.78, 5) is 14.6. The van der Waals surface area contributed by atoms with Gasteiger partial charge in [0.25, 0.3) is 0 Å². The Bertz CT molecular complexity index is 673. The molecule has 1 saturated heterocycles. The van der Waals surface area contributed by atoms with Crippen LogP contribution in [0.4, 0.5) is 4.39 Å². The zero-order valence-electron chi connectivity index (χ0n) is 12.1. The second-order valence-corrected chi connectivity index (χ2v) is 6.41. The van der Waals surface area contributed by atoms with Crippen LogP contribution in [0.1, 0.15) is 26.8 Å². The van der Waals surface area contributed by atoms with Gasteiger partial charge in [0, 0.05) is 42.5 Å². The van der Waals surface area contributed by atoms with E-state index in [0.717, 1.165) is 36.6 Å². The molecule has 116 valence electrons. The lowest BCUT2D eigenvalue weighted by Crippen LogP contribution is -2.45. The van der Waals surface area contributed by atoms with Gasteiger partial charge >= 0.3 is 0 Å². The smallest absolute Gasteiger partial charge is 0.249 e. The molecule has 1 atom stereocenters. The van der Waals surface area contributed by atoms with Crippen LogP contribution >= 0.6 is 11.3 Å². The molecular weight excluding hydrogens is 301 g/mol. The number of thiophene rings is 1. The number of piperazine rings is 1. The molecule has 1 aromatic carbocycles. The Kier molecular flexibility index (Phi) is 4.52. The minimum absolute atomic E-state index is 0.128. The van der Waals surface area contributed by atoms with Crippen molar-refractivity contribution in [3.8, 4) is 0 Å². The third-order valence-electron chi connectivity index (χ3n) is 3.88. The number of halogens is 1. The molecule has 3 N–H and O–H groups in total. The van der Waals surface area contributed by atoms with Crippen LogP contribution in [0.25, 0.3) is 0 Å². The van der Waals surface area contributed by atoms with Crippen molar-refractivity contribution in [1.29, 1.82) is 0 Å². The predicted molar refractivity (Wildman–Crippen MR) is 85.3 cm³/mol. The molecule has 0 saturated carbocycles. The molecule has 4 nitrogen and oxygen atoms in total. The fraction of sp³-hybridized carbons (Fsp3) is 0.312. The monoisotopic (exact) mass is 319 g/mol. The molecule has 0 bridgehead atoms. The Morgan fingerprint density at radius 1 is 1.45 bits per heavy atom. The molecule has 1 unspecified atom stereocenters. The lowest BCUT2D eigenvalue weighted by atomic mass is 10.0. The number of primary amides is 1. The van der Waals surface area contributed by atoms with Crippen LogP contribution in [-0.2, 0) is 6.54 Å². The number of amides is 1. The van der Waals surface area contributed by atoms with Crippen molar-refractivity contribution in [3.05, 3.63) is 57.5 Å². The summed E-state index contributed by atoms with van der Waals surface area (Å²) < 4.78 is 13.5. The summed E-state index contributed by atoms with van der Waals surface area (Å²) in [6.07, 6.45) is 0. The second kappa shape index (κ2) is 6.56. The average Bonchev–Trinajstić information content (AvgIpc) is 2.97. The zero-order chi connectivity index (χ0) is 15.5. The van der Waals surface area contributed by atoms with Crippen molar-refractivity contribution < 1.29 is 9.18 Å². The van der Waals surface area contributed by atoms with Crippen molar-refractivity contribution in [2.45, 2.75) is 12.6 Å². The van der Waals surface area contributed by atoms with Crippen molar-refractivity contribution >= 4 is 17.2 Å². The highest BCUT2D eigenvalue weighted by Crippen LogP contribution is 2.26. The van der Waals surface area contributed by atoms with E-state index in [9.17, 15) is 9.18 Å². The topological polar surface area (TPSA) is 58.4 Å². The van der Waals surface area contributed by atoms with E-state index in [-0.39, 0.29) is 11.9 Å². The van der Waals surface area contributed by atoms with E-state index < -0.39 is 5.91 Å². The quantitative estimate of drug-likeness (QED) is 0.908. The predicted octanol–water partition coefficient (Wildman–Crippen LogP) is 2.13. The Labute approximate surface area is 132 Å². The van der Waals surface area contributed by atoms with Gasteiger partial charge in [-0.3, -0.25) is 9.69 Å². The summed E-state index contributed by atoms with van der Waals surface area (Å²) in [6, 6.07) is 8.72. The van der Waals surface area contributed by atoms with E-state index in [1.54, 1.807) is 17.5 Å². The zero-order valence-corrected chi connectivity index (χ0v) is 12.9. The number of nitrogens with two attached hydrogens (primary N) is 1. The van der Waals surface area contributed by atoms with Crippen LogP contribution in [-0.4, -0.2) is 30.4 Å². The summed E-state index contributed by atoms with van der Waals surface area (Å²) in [5.41, 5.74) is 6.82. The van der Waals surface area contributed by atoms with Crippen molar-refractivity contribution in [2.24, 2.45) is 5.73 Å². The molecule has 1 aliphatic rings. The fourth-order valence-electron chi connectivity index (χ4n) is 2.77. The maximum atomic E-state index is 13.5. The molecule has 6 heteroatoms. The van der Waals surface area contributed by atoms with E-state index in [1.807, 2.05) is 12.1 Å². The maximum absolute atomic E-state index is 13.5. The lowest BCUT2D eigenvalue weighted by Gasteiger charge is -2.36. The van der Waals surface area contributed by atoms with Crippen LogP contribution in [0, 0.1) is 5.82 Å². The molecule has 2 aromatic rings. The minimum atomic E-state index is -0.399. The Morgan fingerprint density at radius 3 is 3.05 bits per heavy atom. The standard InChI is InChI=1S/C16H18FN3OS/c17-13-3-1-2-11(6-13)15-8-19-4-5-20(15)9-14-7-12(10-22-14)16(18)21/h1-3,6-7,10,15,19H,4-5,8-9H2,(H2,18,21). The average molecular weight is 319 g/mol. The first-order valence-electron chi connectivity index (χ1n) is 7.21. The highest BCUT2D eigenvalue weighted by Gasteiger charge is 2.24. The second-order valence-electron chi connectivity index (χ2n) is 5.41. The van der Waals surface area contributed by atoms with Gasteiger partial charge in [-0.05, 0) is 23.8 Å². The summed E-state index contributed by atoms with van der Waals surface area (Å²) in [6.45, 7) is 3.31. The van der Waals surface area contributed by atoms with Gasteiger partial charge in [-0.25, -0.2) is 4.39 Å². The van der Waals surface area contributed by atoms with Gasteiger partial charge in [0.2, 0.25) is 5.91 Å². The molecule has 0 spiro atoms. The molecule has 3 rings (SSSR count). The first-order valence-corrected chi connectivity index (χ1v) is 8.09. The Morgan fingerprint density at radius 2 is 2.32 bits per heavy atom. The molecule has 0 aliphatic carbocycles. The van der Waals surface area contributed by atoms with E-state index in [1.165, 1.54) is 17.4 Å². The van der Waals surface area contributed by atoms with E-state index >= 15 is 0 Å². The normalized spacial score (nSPS) is 19.2. The Hall–Kier alpha value is -1.76. The number of benzene rings is 1. The molecule has 1 aromatic heterocycles. The molecular formula is C16H18FN3OS. The van der Waals surface area contributed by atoms with Crippen LogP contribution in [0.2, 0.25) is 0 Å². The highest BCUT2D eigenvalue weighted by molar-refractivity contribution is 7.10. The maximum Gasteiger partial charge on any atom is 0.249 e. The van der Waals surface area contributed by atoms with Crippen LogP contribution < -0.4 is 11.1 Å². The van der Waals surface area contributed by atoms with E-state index in [0.29, 0.717) is 5.56 Å². The molecule has 2 heterocycles. The van der Waals surface area contributed by atoms with Crippen LogP contribution in [0.3, 0.4) is 0 Å². The van der Waals surface area contributed by atoms with Crippen molar-refractivity contribution in [3.63, 3.8) is 0 Å². The number of hydrogen-bond donors (Lipinski definition) is 2. The third-order valence-corrected chi connectivity index (χ3v) is 4.81. The number of nitrogens with one attached hydrogen (secondary N) is 1. The summed E-state index contributed by atoms with van der Waals surface area (Å²) in [5, 5.41) is 5.15. The molecule has 22 heavy (non-hydrogen) atoms. The van der Waals surface area contributed by atoms with E-state index in [2.05, 4.69) is 10.2 Å². The minimum Gasteiger partial charge on any atom is -0.366 e. The number of nitrogens with zero attached hydrogens (tertiary/aromatic N) is 1. The number of rotatable bonds is 4. The SMILES string of the molecule is NC(=O)c1csc(CN2CCNCC2c2cccc(F)c2)c1. The van der Waals surface area contributed by atoms with Crippen molar-refractivity contribution in [2.75, 3.05) is 19.6 Å². The third kappa shape index (κ3) is 3.35. The van der Waals surface area contributed by atoms with Gasteiger partial charge in [0.15, 0.2) is 0 Å². The van der Waals surface area contributed by atoms with Crippen LogP contribution in [0.15, 0.2) is 35.7 Å². The van der Waals surface area contributed by atoms with Crippen LogP contribution in [0.5, 0.6) is 0 Å². The molecule has 1 fully saturated rings. The number of hydrogen-bond acceptors (Lipinski definition) is 4. The molecule has 0 radical (unpaired) electrons. The summed E-state index contributed by atoms with van der Waals surface area (Å²) in [5.74, 6) is -0.611. The van der Waals surface area contributed by atoms with Gasteiger partial charge < -0.3 is 11.1 Å². The first kappa shape index (κ1) is 15.1. The molecule has 1 amide bonds. The first-order chi connectivity index (χ1) is 10.6. The van der Waals surface area contributed by atoms with Gasteiger partial charge in [-0.2, -0.15) is 0 Å². The summed E-state index contributed by atoms with van der Waals surface area (Å²) in [7, 11) is 0. The van der Waals surface area contributed by atoms with E-state index in [4.69, 9.17) is 5.73 Å². The lowest BCUT2D eigenvalue weighted by molar-refractivity contribution is 0.100. The van der Waals surface area contributed by atoms with Gasteiger partial charge in [-0.15, -0.1) is 11.3 Å².